The molecule has 1 heterocycles. The minimum atomic E-state index is -4.31. The molecule has 7 nitrogen and oxygen atoms in total. The summed E-state index contributed by atoms with van der Waals surface area (Å²) in [4.78, 5) is 14.3. The van der Waals surface area contributed by atoms with Crippen LogP contribution in [0.15, 0.2) is 94.4 Å². The van der Waals surface area contributed by atoms with E-state index in [1.165, 1.54) is 48.6 Å². The van der Waals surface area contributed by atoms with Crippen LogP contribution in [-0.4, -0.2) is 26.3 Å². The molecule has 4 rings (SSSR count). The molecule has 186 valence electrons. The summed E-state index contributed by atoms with van der Waals surface area (Å²) in [6, 6.07) is 17.7. The fourth-order valence-corrected chi connectivity index (χ4v) is 4.40. The Morgan fingerprint density at radius 3 is 2.33 bits per heavy atom. The van der Waals surface area contributed by atoms with Crippen molar-refractivity contribution in [1.29, 1.82) is 0 Å². The number of carbonyl (C=O) groups is 1. The van der Waals surface area contributed by atoms with E-state index in [0.717, 1.165) is 24.3 Å². The van der Waals surface area contributed by atoms with Crippen molar-refractivity contribution < 1.29 is 35.3 Å². The van der Waals surface area contributed by atoms with Crippen LogP contribution in [0.2, 0.25) is 0 Å². The summed E-state index contributed by atoms with van der Waals surface area (Å²) < 4.78 is 68.9. The highest BCUT2D eigenvalue weighted by Gasteiger charge is 2.23. The molecular formula is C26H21F2NO6S. The molecule has 0 aliphatic rings. The highest BCUT2D eigenvalue weighted by molar-refractivity contribution is 7.87. The Kier molecular flexibility index (Phi) is 7.35. The maximum atomic E-state index is 14.4. The van der Waals surface area contributed by atoms with Crippen molar-refractivity contribution >= 4 is 16.0 Å². The zero-order valence-corrected chi connectivity index (χ0v) is 19.9. The lowest BCUT2D eigenvalue weighted by molar-refractivity contribution is 0.0712. The van der Waals surface area contributed by atoms with Gasteiger partial charge in [0.2, 0.25) is 0 Å². The minimum Gasteiger partial charge on any atom is -0.493 e. The van der Waals surface area contributed by atoms with E-state index in [2.05, 4.69) is 0 Å². The molecule has 0 unspecified atom stereocenters. The summed E-state index contributed by atoms with van der Waals surface area (Å²) in [6.45, 7) is 0.0150. The van der Waals surface area contributed by atoms with Gasteiger partial charge in [0.05, 0.1) is 25.5 Å². The van der Waals surface area contributed by atoms with Gasteiger partial charge in [0.25, 0.3) is 5.91 Å². The third kappa shape index (κ3) is 5.72. The van der Waals surface area contributed by atoms with E-state index in [0.29, 0.717) is 11.3 Å². The van der Waals surface area contributed by atoms with Crippen LogP contribution >= 0.6 is 0 Å². The van der Waals surface area contributed by atoms with Gasteiger partial charge in [-0.05, 0) is 66.2 Å². The molecule has 0 aliphatic carbocycles. The smallest absolute Gasteiger partial charge is 0.339 e. The van der Waals surface area contributed by atoms with Crippen LogP contribution in [0.4, 0.5) is 8.78 Å². The molecule has 0 saturated carbocycles. The molecule has 0 saturated heterocycles. The standard InChI is InChI=1S/C26H21F2NO6S/c1-33-24-13-8-18(15-25(24)35-36(31,32)21-11-9-19(27)10-12-21)16-29(17-20-5-4-14-34-20)26(30)22-6-2-3-7-23(22)28/h2-15H,16-17H2,1H3. The summed E-state index contributed by atoms with van der Waals surface area (Å²) in [6.07, 6.45) is 1.46. The number of hydrogen-bond acceptors (Lipinski definition) is 6. The average molecular weight is 514 g/mol. The number of nitrogens with zero attached hydrogens (tertiary/aromatic N) is 1. The Morgan fingerprint density at radius 1 is 0.917 bits per heavy atom. The van der Waals surface area contributed by atoms with Gasteiger partial charge in [-0.1, -0.05) is 18.2 Å². The first-order valence-electron chi connectivity index (χ1n) is 10.7. The molecule has 0 bridgehead atoms. The second-order valence-corrected chi connectivity index (χ2v) is 9.24. The van der Waals surface area contributed by atoms with E-state index in [4.69, 9.17) is 13.3 Å². The van der Waals surface area contributed by atoms with E-state index in [1.54, 1.807) is 24.3 Å². The minimum absolute atomic E-state index is 0.0230. The predicted molar refractivity (Wildman–Crippen MR) is 126 cm³/mol. The number of methoxy groups -OCH3 is 1. The summed E-state index contributed by atoms with van der Waals surface area (Å²) in [5.74, 6) is -1.37. The Balaban J connectivity index is 1.65. The second kappa shape index (κ2) is 10.6. The quantitative estimate of drug-likeness (QED) is 0.287. The molecule has 0 spiro atoms. The third-order valence-electron chi connectivity index (χ3n) is 5.22. The van der Waals surface area contributed by atoms with Gasteiger partial charge in [-0.15, -0.1) is 0 Å². The van der Waals surface area contributed by atoms with E-state index in [-0.39, 0.29) is 35.0 Å². The van der Waals surface area contributed by atoms with Crippen molar-refractivity contribution in [2.45, 2.75) is 18.0 Å². The molecule has 0 radical (unpaired) electrons. The van der Waals surface area contributed by atoms with Gasteiger partial charge < -0.3 is 18.2 Å². The molecular weight excluding hydrogens is 492 g/mol. The van der Waals surface area contributed by atoms with Gasteiger partial charge in [-0.2, -0.15) is 8.42 Å². The van der Waals surface area contributed by atoms with Crippen LogP contribution < -0.4 is 8.92 Å². The number of benzene rings is 3. The molecule has 10 heteroatoms. The van der Waals surface area contributed by atoms with Gasteiger partial charge in [-0.25, -0.2) is 8.78 Å². The number of hydrogen-bond donors (Lipinski definition) is 0. The molecule has 0 aliphatic heterocycles. The summed E-state index contributed by atoms with van der Waals surface area (Å²) in [7, 11) is -2.96. The first-order valence-corrected chi connectivity index (χ1v) is 12.1. The van der Waals surface area contributed by atoms with Gasteiger partial charge in [-0.3, -0.25) is 4.79 Å². The first kappa shape index (κ1) is 24.9. The van der Waals surface area contributed by atoms with E-state index in [9.17, 15) is 22.0 Å². The summed E-state index contributed by atoms with van der Waals surface area (Å²) in [5.41, 5.74) is 0.365. The Hall–Kier alpha value is -4.18. The van der Waals surface area contributed by atoms with Crippen molar-refractivity contribution in [2.24, 2.45) is 0 Å². The van der Waals surface area contributed by atoms with Crippen LogP contribution in [0.1, 0.15) is 21.7 Å². The van der Waals surface area contributed by atoms with Crippen LogP contribution in [0, 0.1) is 11.6 Å². The lowest BCUT2D eigenvalue weighted by atomic mass is 10.1. The third-order valence-corrected chi connectivity index (χ3v) is 6.47. The zero-order valence-electron chi connectivity index (χ0n) is 19.1. The van der Waals surface area contributed by atoms with E-state index < -0.39 is 27.7 Å². The number of ether oxygens (including phenoxy) is 1. The molecule has 4 aromatic rings. The van der Waals surface area contributed by atoms with Crippen molar-refractivity contribution in [3.63, 3.8) is 0 Å². The number of amides is 1. The molecule has 0 atom stereocenters. The van der Waals surface area contributed by atoms with Gasteiger partial charge in [0, 0.05) is 6.54 Å². The maximum absolute atomic E-state index is 14.4. The lowest BCUT2D eigenvalue weighted by Gasteiger charge is -2.23. The SMILES string of the molecule is COc1ccc(CN(Cc2ccco2)C(=O)c2ccccc2F)cc1OS(=O)(=O)c1ccc(F)cc1. The first-order chi connectivity index (χ1) is 17.3. The maximum Gasteiger partial charge on any atom is 0.339 e. The molecule has 3 aromatic carbocycles. The fraction of sp³-hybridized carbons (Fsp3) is 0.115. The van der Waals surface area contributed by atoms with Crippen molar-refractivity contribution in [1.82, 2.24) is 4.90 Å². The van der Waals surface area contributed by atoms with Crippen LogP contribution in [0.25, 0.3) is 0 Å². The highest BCUT2D eigenvalue weighted by atomic mass is 32.2. The Labute approximate surface area is 206 Å². The van der Waals surface area contributed by atoms with Gasteiger partial charge in [0.1, 0.15) is 22.3 Å². The average Bonchev–Trinajstić information content (AvgIpc) is 3.37. The van der Waals surface area contributed by atoms with Crippen LogP contribution in [-0.2, 0) is 23.2 Å². The van der Waals surface area contributed by atoms with Crippen molar-refractivity contribution in [2.75, 3.05) is 7.11 Å². The number of rotatable bonds is 9. The largest absolute Gasteiger partial charge is 0.493 e. The van der Waals surface area contributed by atoms with Crippen LogP contribution in [0.5, 0.6) is 11.5 Å². The monoisotopic (exact) mass is 513 g/mol. The summed E-state index contributed by atoms with van der Waals surface area (Å²) >= 11 is 0. The predicted octanol–water partition coefficient (Wildman–Crippen LogP) is 5.18. The Morgan fingerprint density at radius 2 is 1.67 bits per heavy atom. The summed E-state index contributed by atoms with van der Waals surface area (Å²) in [5, 5.41) is 0. The van der Waals surface area contributed by atoms with Gasteiger partial charge >= 0.3 is 10.1 Å². The van der Waals surface area contributed by atoms with Crippen LogP contribution in [0.3, 0.4) is 0 Å². The van der Waals surface area contributed by atoms with E-state index >= 15 is 0 Å². The number of furan rings is 1. The highest BCUT2D eigenvalue weighted by Crippen LogP contribution is 2.32. The molecule has 0 N–H and O–H groups in total. The topological polar surface area (TPSA) is 86.0 Å². The van der Waals surface area contributed by atoms with E-state index in [1.807, 2.05) is 0 Å². The van der Waals surface area contributed by atoms with Crippen molar-refractivity contribution in [3.8, 4) is 11.5 Å². The number of carbonyl (C=O) groups excluding carboxylic acids is 1. The Bertz CT molecular complexity index is 1450. The van der Waals surface area contributed by atoms with Crippen molar-refractivity contribution in [3.05, 3.63) is 114 Å². The molecule has 1 aromatic heterocycles. The fourth-order valence-electron chi connectivity index (χ4n) is 3.47. The molecule has 0 fully saturated rings. The van der Waals surface area contributed by atoms with Gasteiger partial charge in [0.15, 0.2) is 11.5 Å². The zero-order chi connectivity index (χ0) is 25.7. The molecule has 1 amide bonds. The lowest BCUT2D eigenvalue weighted by Crippen LogP contribution is -2.30. The molecule has 36 heavy (non-hydrogen) atoms. The number of halogens is 2. The second-order valence-electron chi connectivity index (χ2n) is 7.70. The normalized spacial score (nSPS) is 11.2.